The van der Waals surface area contributed by atoms with Crippen LogP contribution in [0.15, 0.2) is 54.0 Å². The lowest BCUT2D eigenvalue weighted by Crippen LogP contribution is -2.40. The summed E-state index contributed by atoms with van der Waals surface area (Å²) in [5.41, 5.74) is 4.91. The molecule has 7 nitrogen and oxygen atoms in total. The Morgan fingerprint density at radius 2 is 1.64 bits per heavy atom. The summed E-state index contributed by atoms with van der Waals surface area (Å²) in [5, 5.41) is 11.2. The molecule has 0 spiro atoms. The number of nitrogens with zero attached hydrogens (tertiary/aromatic N) is 3. The van der Waals surface area contributed by atoms with Crippen LogP contribution in [0, 0.1) is 11.3 Å². The van der Waals surface area contributed by atoms with E-state index < -0.39 is 5.41 Å². The molecule has 1 aromatic heterocycles. The zero-order chi connectivity index (χ0) is 25.7. The van der Waals surface area contributed by atoms with E-state index in [2.05, 4.69) is 53.6 Å². The molecule has 4 rings (SSSR count). The SMILES string of the molecule is CC(C)CC(c1ccc(-c2ccc(C(=O)N3CCOCC3)cc2)cc1)C(C)(C)C(=O)Nc1nncs1. The van der Waals surface area contributed by atoms with Crippen LogP contribution in [-0.4, -0.2) is 53.2 Å². The van der Waals surface area contributed by atoms with Gasteiger partial charge in [-0.05, 0) is 47.1 Å². The number of aromatic nitrogens is 2. The molecule has 0 radical (unpaired) electrons. The monoisotopic (exact) mass is 506 g/mol. The van der Waals surface area contributed by atoms with Crippen molar-refractivity contribution < 1.29 is 14.3 Å². The number of nitrogens with one attached hydrogen (secondary N) is 1. The molecule has 2 aromatic carbocycles. The van der Waals surface area contributed by atoms with Crippen molar-refractivity contribution in [2.24, 2.45) is 11.3 Å². The molecule has 1 aliphatic rings. The Morgan fingerprint density at radius 3 is 2.19 bits per heavy atom. The average Bonchev–Trinajstić information content (AvgIpc) is 3.40. The fourth-order valence-electron chi connectivity index (χ4n) is 4.62. The van der Waals surface area contributed by atoms with Crippen LogP contribution in [0.5, 0.6) is 0 Å². The molecular formula is C28H34N4O3S. The first-order chi connectivity index (χ1) is 17.3. The average molecular weight is 507 g/mol. The molecule has 0 aliphatic carbocycles. The maximum atomic E-state index is 13.2. The Kier molecular flexibility index (Phi) is 8.16. The molecule has 0 bridgehead atoms. The predicted molar refractivity (Wildman–Crippen MR) is 143 cm³/mol. The van der Waals surface area contributed by atoms with Gasteiger partial charge in [-0.1, -0.05) is 75.4 Å². The molecule has 1 atom stereocenters. The number of rotatable bonds is 8. The van der Waals surface area contributed by atoms with Crippen LogP contribution in [0.25, 0.3) is 11.1 Å². The van der Waals surface area contributed by atoms with Crippen molar-refractivity contribution in [1.82, 2.24) is 15.1 Å². The lowest BCUT2D eigenvalue weighted by atomic mass is 9.70. The van der Waals surface area contributed by atoms with Gasteiger partial charge in [0.05, 0.1) is 18.6 Å². The van der Waals surface area contributed by atoms with Gasteiger partial charge in [0, 0.05) is 18.7 Å². The molecule has 2 amide bonds. The van der Waals surface area contributed by atoms with Gasteiger partial charge < -0.3 is 15.0 Å². The van der Waals surface area contributed by atoms with E-state index in [-0.39, 0.29) is 17.7 Å². The number of morpholine rings is 1. The zero-order valence-corrected chi connectivity index (χ0v) is 22.2. The Labute approximate surface area is 216 Å². The molecular weight excluding hydrogens is 472 g/mol. The van der Waals surface area contributed by atoms with E-state index in [1.807, 2.05) is 43.0 Å². The van der Waals surface area contributed by atoms with Gasteiger partial charge in [0.25, 0.3) is 5.91 Å². The first-order valence-corrected chi connectivity index (χ1v) is 13.3. The number of hydrogen-bond acceptors (Lipinski definition) is 6. The highest BCUT2D eigenvalue weighted by atomic mass is 32.1. The zero-order valence-electron chi connectivity index (χ0n) is 21.4. The highest BCUT2D eigenvalue weighted by molar-refractivity contribution is 7.13. The van der Waals surface area contributed by atoms with E-state index in [1.165, 1.54) is 11.3 Å². The minimum absolute atomic E-state index is 0.0352. The fraction of sp³-hybridized carbons (Fsp3) is 0.429. The third-order valence-electron chi connectivity index (χ3n) is 6.82. The smallest absolute Gasteiger partial charge is 0.254 e. The van der Waals surface area contributed by atoms with Gasteiger partial charge in [0.15, 0.2) is 0 Å². The van der Waals surface area contributed by atoms with Gasteiger partial charge in [-0.2, -0.15) is 0 Å². The van der Waals surface area contributed by atoms with Gasteiger partial charge in [-0.15, -0.1) is 10.2 Å². The molecule has 1 unspecified atom stereocenters. The number of hydrogen-bond donors (Lipinski definition) is 1. The first kappa shape index (κ1) is 26.0. The second kappa shape index (κ2) is 11.3. The third-order valence-corrected chi connectivity index (χ3v) is 7.43. The van der Waals surface area contributed by atoms with E-state index in [0.717, 1.165) is 23.1 Å². The number of amides is 2. The molecule has 1 saturated heterocycles. The predicted octanol–water partition coefficient (Wildman–Crippen LogP) is 5.47. The highest BCUT2D eigenvalue weighted by Crippen LogP contribution is 2.41. The normalized spacial score (nSPS) is 15.1. The van der Waals surface area contributed by atoms with Crippen molar-refractivity contribution >= 4 is 28.3 Å². The van der Waals surface area contributed by atoms with Crippen molar-refractivity contribution in [3.8, 4) is 11.1 Å². The number of carbonyl (C=O) groups excluding carboxylic acids is 2. The van der Waals surface area contributed by atoms with E-state index in [1.54, 1.807) is 5.51 Å². The molecule has 1 aliphatic heterocycles. The largest absolute Gasteiger partial charge is 0.378 e. The second-order valence-corrected chi connectivity index (χ2v) is 11.0. The van der Waals surface area contributed by atoms with Gasteiger partial charge >= 0.3 is 0 Å². The first-order valence-electron chi connectivity index (χ1n) is 12.4. The van der Waals surface area contributed by atoms with Crippen molar-refractivity contribution in [2.75, 3.05) is 31.6 Å². The van der Waals surface area contributed by atoms with Gasteiger partial charge in [0.2, 0.25) is 11.0 Å². The Morgan fingerprint density at radius 1 is 1.03 bits per heavy atom. The van der Waals surface area contributed by atoms with Crippen LogP contribution in [0.4, 0.5) is 5.13 Å². The van der Waals surface area contributed by atoms with Crippen molar-refractivity contribution in [2.45, 2.75) is 40.0 Å². The van der Waals surface area contributed by atoms with Crippen molar-refractivity contribution in [3.05, 3.63) is 65.2 Å². The minimum atomic E-state index is -0.640. The number of anilines is 1. The summed E-state index contributed by atoms with van der Waals surface area (Å²) >= 11 is 1.32. The molecule has 0 saturated carbocycles. The van der Waals surface area contributed by atoms with Gasteiger partial charge in [-0.3, -0.25) is 9.59 Å². The standard InChI is InChI=1S/C28H34N4O3S/c1-19(2)17-24(28(3,4)26(34)30-27-31-29-18-36-27)22-9-5-20(6-10-22)21-7-11-23(12-8-21)25(33)32-13-15-35-16-14-32/h5-12,18-19,24H,13-17H2,1-4H3,(H,30,31,34). The quantitative estimate of drug-likeness (QED) is 0.438. The number of carbonyl (C=O) groups is 2. The minimum Gasteiger partial charge on any atom is -0.378 e. The van der Waals surface area contributed by atoms with Crippen LogP contribution in [0.3, 0.4) is 0 Å². The van der Waals surface area contributed by atoms with Crippen LogP contribution < -0.4 is 5.32 Å². The van der Waals surface area contributed by atoms with Crippen molar-refractivity contribution in [3.63, 3.8) is 0 Å². The Bertz CT molecular complexity index is 1150. The molecule has 1 N–H and O–H groups in total. The van der Waals surface area contributed by atoms with Crippen molar-refractivity contribution in [1.29, 1.82) is 0 Å². The summed E-state index contributed by atoms with van der Waals surface area (Å²) in [6, 6.07) is 16.2. The highest BCUT2D eigenvalue weighted by Gasteiger charge is 2.38. The molecule has 8 heteroatoms. The molecule has 1 fully saturated rings. The molecule has 3 aromatic rings. The molecule has 2 heterocycles. The van der Waals surface area contributed by atoms with E-state index in [9.17, 15) is 9.59 Å². The summed E-state index contributed by atoms with van der Waals surface area (Å²) < 4.78 is 5.35. The van der Waals surface area contributed by atoms with E-state index in [4.69, 9.17) is 4.74 Å². The Hall–Kier alpha value is -3.10. The second-order valence-electron chi connectivity index (χ2n) is 10.2. The van der Waals surface area contributed by atoms with Crippen LogP contribution in [0.1, 0.15) is 56.0 Å². The summed E-state index contributed by atoms with van der Waals surface area (Å²) in [7, 11) is 0. The summed E-state index contributed by atoms with van der Waals surface area (Å²) in [6.45, 7) is 10.8. The van der Waals surface area contributed by atoms with Crippen LogP contribution in [0.2, 0.25) is 0 Å². The summed E-state index contributed by atoms with van der Waals surface area (Å²) in [4.78, 5) is 27.8. The van der Waals surface area contributed by atoms with E-state index in [0.29, 0.717) is 42.9 Å². The number of ether oxygens (including phenoxy) is 1. The van der Waals surface area contributed by atoms with Gasteiger partial charge in [0.1, 0.15) is 5.51 Å². The molecule has 190 valence electrons. The lowest BCUT2D eigenvalue weighted by molar-refractivity contribution is -0.125. The maximum absolute atomic E-state index is 13.2. The summed E-state index contributed by atoms with van der Waals surface area (Å²) in [5.74, 6) is 0.452. The fourth-order valence-corrected chi connectivity index (χ4v) is 5.06. The maximum Gasteiger partial charge on any atom is 0.254 e. The van der Waals surface area contributed by atoms with E-state index >= 15 is 0 Å². The van der Waals surface area contributed by atoms with Gasteiger partial charge in [-0.25, -0.2) is 0 Å². The Balaban J connectivity index is 1.51. The molecule has 36 heavy (non-hydrogen) atoms. The van der Waals surface area contributed by atoms with Crippen LogP contribution >= 0.6 is 11.3 Å². The third kappa shape index (κ3) is 5.99. The summed E-state index contributed by atoms with van der Waals surface area (Å²) in [6.07, 6.45) is 0.883. The lowest BCUT2D eigenvalue weighted by Gasteiger charge is -2.34. The topological polar surface area (TPSA) is 84.4 Å². The van der Waals surface area contributed by atoms with Crippen LogP contribution in [-0.2, 0) is 9.53 Å². The number of benzene rings is 2.